The van der Waals surface area contributed by atoms with Crippen molar-refractivity contribution in [3.63, 3.8) is 0 Å². The predicted molar refractivity (Wildman–Crippen MR) is 169 cm³/mol. The first-order valence-electron chi connectivity index (χ1n) is 14.3. The molecule has 196 valence electrons. The first-order chi connectivity index (χ1) is 20.2. The van der Waals surface area contributed by atoms with E-state index in [1.54, 1.807) is 0 Å². The maximum atomic E-state index is 6.61. The third kappa shape index (κ3) is 3.98. The van der Waals surface area contributed by atoms with Crippen LogP contribution in [0.2, 0.25) is 0 Å². The van der Waals surface area contributed by atoms with Crippen molar-refractivity contribution < 1.29 is 9.47 Å². The number of hydrogen-bond donors (Lipinski definition) is 0. The summed E-state index contributed by atoms with van der Waals surface area (Å²) in [6, 6.07) is 40.6. The van der Waals surface area contributed by atoms with Crippen molar-refractivity contribution in [2.45, 2.75) is 19.8 Å². The van der Waals surface area contributed by atoms with Crippen molar-refractivity contribution in [2.24, 2.45) is 0 Å². The first-order valence-corrected chi connectivity index (χ1v) is 14.3. The average Bonchev–Trinajstić information content (AvgIpc) is 3.02. The fraction of sp³-hybridized carbons (Fsp3) is 0.0811. The van der Waals surface area contributed by atoms with Gasteiger partial charge in [0.2, 0.25) is 0 Å². The topological polar surface area (TPSA) is 21.7 Å². The molecule has 0 aromatic heterocycles. The Kier molecular flexibility index (Phi) is 5.59. The van der Waals surface area contributed by atoms with Crippen LogP contribution in [0.5, 0.6) is 17.2 Å². The summed E-state index contributed by atoms with van der Waals surface area (Å²) >= 11 is 0. The zero-order valence-corrected chi connectivity index (χ0v) is 22.9. The number of fused-ring (bicyclic) bond motifs is 3. The number of benzene rings is 5. The smallest absolute Gasteiger partial charge is 0.260 e. The van der Waals surface area contributed by atoms with Crippen LogP contribution in [0.1, 0.15) is 18.4 Å². The van der Waals surface area contributed by atoms with E-state index in [0.29, 0.717) is 0 Å². The van der Waals surface area contributed by atoms with Gasteiger partial charge >= 0.3 is 0 Å². The molecule has 0 fully saturated rings. The molecule has 0 spiro atoms. The van der Waals surface area contributed by atoms with Crippen LogP contribution in [-0.2, 0) is 0 Å². The van der Waals surface area contributed by atoms with E-state index in [4.69, 9.17) is 9.47 Å². The molecule has 0 N–H and O–H groups in total. The van der Waals surface area contributed by atoms with Crippen molar-refractivity contribution >= 4 is 34.7 Å². The molecular formula is C37H28BNO2. The molecule has 0 atom stereocenters. The molecule has 0 saturated heterocycles. The molecule has 2 heterocycles. The monoisotopic (exact) mass is 529 g/mol. The molecule has 41 heavy (non-hydrogen) atoms. The van der Waals surface area contributed by atoms with Crippen LogP contribution in [0.15, 0.2) is 139 Å². The third-order valence-corrected chi connectivity index (χ3v) is 8.34. The molecule has 3 nitrogen and oxygen atoms in total. The number of rotatable bonds is 4. The summed E-state index contributed by atoms with van der Waals surface area (Å²) in [5, 5.41) is 0. The van der Waals surface area contributed by atoms with Crippen LogP contribution in [-0.4, -0.2) is 6.71 Å². The Labute approximate surface area is 241 Å². The standard InChI is InChI=1S/C37H28BNO2/c1-25-22-26(20-21-32(25)39(28-12-4-2-5-13-28)29-14-6-3-7-15-29)27-23-35-37-36(24-27)41-34-19-11-9-17-31(34)38(37)30-16-8-10-18-33(30)40-35/h2-10,12-18,20-24H,11,19H2,1H3. The molecule has 2 aliphatic heterocycles. The molecule has 1 aliphatic carbocycles. The van der Waals surface area contributed by atoms with E-state index in [2.05, 4.69) is 133 Å². The molecular weight excluding hydrogens is 501 g/mol. The van der Waals surface area contributed by atoms with Gasteiger partial charge in [-0.05, 0) is 95.6 Å². The summed E-state index contributed by atoms with van der Waals surface area (Å²) in [4.78, 5) is 2.31. The predicted octanol–water partition coefficient (Wildman–Crippen LogP) is 8.38. The number of ether oxygens (including phenoxy) is 2. The lowest BCUT2D eigenvalue weighted by Crippen LogP contribution is -2.51. The molecule has 0 unspecified atom stereocenters. The molecule has 8 rings (SSSR count). The second-order valence-electron chi connectivity index (χ2n) is 10.9. The largest absolute Gasteiger partial charge is 0.463 e. The van der Waals surface area contributed by atoms with Gasteiger partial charge in [-0.2, -0.15) is 0 Å². The summed E-state index contributed by atoms with van der Waals surface area (Å²) in [6.45, 7) is 2.32. The number of aryl methyl sites for hydroxylation is 1. The number of allylic oxidation sites excluding steroid dienone is 4. The van der Waals surface area contributed by atoms with Gasteiger partial charge in [-0.3, -0.25) is 0 Å². The van der Waals surface area contributed by atoms with E-state index in [0.717, 1.165) is 69.5 Å². The molecule has 0 bridgehead atoms. The van der Waals surface area contributed by atoms with Gasteiger partial charge in [-0.25, -0.2) is 0 Å². The summed E-state index contributed by atoms with van der Waals surface area (Å²) in [5.74, 6) is 3.79. The minimum absolute atomic E-state index is 0.133. The Morgan fingerprint density at radius 1 is 0.659 bits per heavy atom. The Bertz CT molecular complexity index is 1820. The number of anilines is 3. The SMILES string of the molecule is Cc1cc(-c2cc3c4c(c2)Oc2ccccc2B4C2=C(CCC=C2)O3)ccc1N(c1ccccc1)c1ccccc1. The van der Waals surface area contributed by atoms with Crippen molar-refractivity contribution in [3.05, 3.63) is 144 Å². The summed E-state index contributed by atoms with van der Waals surface area (Å²) in [6.07, 6.45) is 6.44. The van der Waals surface area contributed by atoms with Gasteiger partial charge in [0.05, 0.1) is 5.76 Å². The number of nitrogens with zero attached hydrogens (tertiary/aromatic N) is 1. The molecule has 0 amide bonds. The highest BCUT2D eigenvalue weighted by atomic mass is 16.5. The Morgan fingerprint density at radius 3 is 2.07 bits per heavy atom. The van der Waals surface area contributed by atoms with Gasteiger partial charge in [0.15, 0.2) is 0 Å². The fourth-order valence-electron chi connectivity index (χ4n) is 6.46. The van der Waals surface area contributed by atoms with Gasteiger partial charge in [0, 0.05) is 28.9 Å². The average molecular weight is 529 g/mol. The molecule has 0 saturated carbocycles. The maximum Gasteiger partial charge on any atom is 0.260 e. The van der Waals surface area contributed by atoms with Gasteiger partial charge < -0.3 is 14.4 Å². The second-order valence-corrected chi connectivity index (χ2v) is 10.9. The van der Waals surface area contributed by atoms with Crippen molar-refractivity contribution in [3.8, 4) is 28.4 Å². The van der Waals surface area contributed by atoms with Crippen molar-refractivity contribution in [1.82, 2.24) is 0 Å². The lowest BCUT2D eigenvalue weighted by atomic mass is 9.34. The second kappa shape index (κ2) is 9.60. The first kappa shape index (κ1) is 23.9. The van der Waals surface area contributed by atoms with Crippen LogP contribution in [0, 0.1) is 6.92 Å². The highest BCUT2D eigenvalue weighted by molar-refractivity contribution is 6.93. The maximum absolute atomic E-state index is 6.61. The summed E-state index contributed by atoms with van der Waals surface area (Å²) in [7, 11) is 0. The van der Waals surface area contributed by atoms with Crippen LogP contribution < -0.4 is 25.3 Å². The van der Waals surface area contributed by atoms with E-state index in [9.17, 15) is 0 Å². The number of para-hydroxylation sites is 3. The third-order valence-electron chi connectivity index (χ3n) is 8.34. The molecule has 0 radical (unpaired) electrons. The van der Waals surface area contributed by atoms with E-state index < -0.39 is 0 Å². The molecule has 4 heteroatoms. The van der Waals surface area contributed by atoms with E-state index in [1.807, 2.05) is 6.07 Å². The summed E-state index contributed by atoms with van der Waals surface area (Å²) < 4.78 is 13.1. The number of hydrogen-bond acceptors (Lipinski definition) is 3. The highest BCUT2D eigenvalue weighted by Gasteiger charge is 2.41. The Morgan fingerprint density at radius 2 is 1.34 bits per heavy atom. The van der Waals surface area contributed by atoms with Gasteiger partial charge in [-0.1, -0.05) is 72.8 Å². The zero-order valence-electron chi connectivity index (χ0n) is 22.9. The Hall–Kier alpha value is -4.96. The van der Waals surface area contributed by atoms with Crippen LogP contribution in [0.4, 0.5) is 17.1 Å². The molecule has 5 aromatic rings. The minimum atomic E-state index is 0.133. The minimum Gasteiger partial charge on any atom is -0.463 e. The van der Waals surface area contributed by atoms with Gasteiger partial charge in [0.25, 0.3) is 6.71 Å². The van der Waals surface area contributed by atoms with Crippen LogP contribution in [0.25, 0.3) is 11.1 Å². The van der Waals surface area contributed by atoms with Crippen LogP contribution in [0.3, 0.4) is 0 Å². The van der Waals surface area contributed by atoms with Gasteiger partial charge in [-0.15, -0.1) is 0 Å². The van der Waals surface area contributed by atoms with Crippen molar-refractivity contribution in [1.29, 1.82) is 0 Å². The molecule has 5 aromatic carbocycles. The van der Waals surface area contributed by atoms with E-state index in [-0.39, 0.29) is 6.71 Å². The highest BCUT2D eigenvalue weighted by Crippen LogP contribution is 2.42. The fourth-order valence-corrected chi connectivity index (χ4v) is 6.46. The van der Waals surface area contributed by atoms with E-state index >= 15 is 0 Å². The Balaban J connectivity index is 1.24. The quantitative estimate of drug-likeness (QED) is 0.218. The zero-order chi connectivity index (χ0) is 27.3. The lowest BCUT2D eigenvalue weighted by Gasteiger charge is -2.35. The van der Waals surface area contributed by atoms with Gasteiger partial charge in [0.1, 0.15) is 17.2 Å². The normalized spacial score (nSPS) is 14.4. The lowest BCUT2D eigenvalue weighted by molar-refractivity contribution is 0.396. The van der Waals surface area contributed by atoms with E-state index in [1.165, 1.54) is 16.5 Å². The molecule has 3 aliphatic rings. The van der Waals surface area contributed by atoms with Crippen molar-refractivity contribution in [2.75, 3.05) is 4.90 Å². The van der Waals surface area contributed by atoms with Crippen LogP contribution >= 0.6 is 0 Å². The summed E-state index contributed by atoms with van der Waals surface area (Å²) in [5.41, 5.74) is 10.4.